The minimum Gasteiger partial charge on any atom is -0.290 e. The zero-order valence-corrected chi connectivity index (χ0v) is 10.1. The molecule has 2 rings (SSSR count). The molecular formula is C13H24N2O. The summed E-state index contributed by atoms with van der Waals surface area (Å²) in [7, 11) is 0. The molecule has 0 aliphatic heterocycles. The maximum absolute atomic E-state index is 9.23. The smallest absolute Gasteiger partial charge is 0.123 e. The Kier molecular flexibility index (Phi) is 4.64. The van der Waals surface area contributed by atoms with Crippen LogP contribution in [0.5, 0.6) is 0 Å². The molecule has 0 heterocycles. The average molecular weight is 224 g/mol. The van der Waals surface area contributed by atoms with E-state index in [1.165, 1.54) is 64.2 Å². The Morgan fingerprint density at radius 3 is 2.00 bits per heavy atom. The summed E-state index contributed by atoms with van der Waals surface area (Å²) in [5.41, 5.74) is 2.37. The minimum atomic E-state index is 0.463. The van der Waals surface area contributed by atoms with E-state index < -0.39 is 0 Å². The van der Waals surface area contributed by atoms with Gasteiger partial charge in [0.15, 0.2) is 0 Å². The van der Waals surface area contributed by atoms with Gasteiger partial charge < -0.3 is 0 Å². The summed E-state index contributed by atoms with van der Waals surface area (Å²) in [4.78, 5) is 4.73. The lowest BCUT2D eigenvalue weighted by Gasteiger charge is -2.25. The van der Waals surface area contributed by atoms with Gasteiger partial charge in [-0.05, 0) is 25.7 Å². The van der Waals surface area contributed by atoms with Gasteiger partial charge in [-0.3, -0.25) is 15.7 Å². The molecule has 0 aromatic heterocycles. The molecule has 0 aromatic rings. The fraction of sp³-hybridized carbons (Fsp3) is 0.923. The molecule has 0 aromatic carbocycles. The Hall–Kier alpha value is -0.570. The third kappa shape index (κ3) is 3.21. The van der Waals surface area contributed by atoms with Crippen molar-refractivity contribution in [3.05, 3.63) is 0 Å². The molecule has 0 bridgehead atoms. The first kappa shape index (κ1) is 11.9. The van der Waals surface area contributed by atoms with Crippen molar-refractivity contribution in [2.75, 3.05) is 0 Å². The average Bonchev–Trinajstić information content (AvgIpc) is 2.38. The fourth-order valence-electron chi connectivity index (χ4n) is 3.01. The van der Waals surface area contributed by atoms with Crippen LogP contribution in [0.1, 0.15) is 64.2 Å². The predicted octanol–water partition coefficient (Wildman–Crippen LogP) is 3.28. The lowest BCUT2D eigenvalue weighted by atomic mass is 9.88. The van der Waals surface area contributed by atoms with E-state index in [0.29, 0.717) is 12.0 Å². The highest BCUT2D eigenvalue weighted by Crippen LogP contribution is 2.26. The van der Waals surface area contributed by atoms with Gasteiger partial charge in [0.05, 0.1) is 6.04 Å². The lowest BCUT2D eigenvalue weighted by Crippen LogP contribution is -2.31. The van der Waals surface area contributed by atoms with Gasteiger partial charge in [0.2, 0.25) is 0 Å². The van der Waals surface area contributed by atoms with Crippen molar-refractivity contribution in [1.29, 1.82) is 0 Å². The van der Waals surface area contributed by atoms with Gasteiger partial charge in [-0.2, -0.15) is 0 Å². The first-order valence-electron chi connectivity index (χ1n) is 6.88. The third-order valence-corrected chi connectivity index (χ3v) is 4.00. The van der Waals surface area contributed by atoms with Crippen LogP contribution in [0.25, 0.3) is 0 Å². The van der Waals surface area contributed by atoms with Crippen LogP contribution in [0, 0.1) is 5.92 Å². The standard InChI is InChI=1S/C13H24N2O/c16-15-13(11-7-3-1-4-8-11)14-12-9-5-2-6-10-12/h11-12,16H,1-10H2,(H,14,15). The first-order chi connectivity index (χ1) is 7.90. The first-order valence-corrected chi connectivity index (χ1v) is 6.88. The van der Waals surface area contributed by atoms with Crippen molar-refractivity contribution in [1.82, 2.24) is 5.48 Å². The molecule has 2 saturated carbocycles. The van der Waals surface area contributed by atoms with Crippen molar-refractivity contribution in [2.45, 2.75) is 70.3 Å². The number of hydrogen-bond donors (Lipinski definition) is 2. The number of aliphatic imine (C=N–C) groups is 1. The van der Waals surface area contributed by atoms with Crippen molar-refractivity contribution < 1.29 is 5.21 Å². The normalized spacial score (nSPS) is 25.7. The highest BCUT2D eigenvalue weighted by atomic mass is 16.5. The van der Waals surface area contributed by atoms with Gasteiger partial charge >= 0.3 is 0 Å². The molecule has 0 spiro atoms. The SMILES string of the molecule is ONC(=NC1CCCCC1)C1CCCCC1. The summed E-state index contributed by atoms with van der Waals surface area (Å²) >= 11 is 0. The van der Waals surface area contributed by atoms with Crippen LogP contribution in [0.2, 0.25) is 0 Å². The number of hydrogen-bond acceptors (Lipinski definition) is 2. The zero-order valence-electron chi connectivity index (χ0n) is 10.1. The molecule has 2 aliphatic rings. The topological polar surface area (TPSA) is 44.6 Å². The number of hydroxylamine groups is 1. The van der Waals surface area contributed by atoms with Gasteiger partial charge in [-0.15, -0.1) is 0 Å². The van der Waals surface area contributed by atoms with Crippen LogP contribution in [0.3, 0.4) is 0 Å². The Labute approximate surface area is 98.3 Å². The van der Waals surface area contributed by atoms with E-state index in [1.807, 2.05) is 0 Å². The lowest BCUT2D eigenvalue weighted by molar-refractivity contribution is 0.220. The Morgan fingerprint density at radius 2 is 1.44 bits per heavy atom. The number of nitrogens with zero attached hydrogens (tertiary/aromatic N) is 1. The molecular weight excluding hydrogens is 200 g/mol. The molecule has 0 saturated heterocycles. The molecule has 0 radical (unpaired) electrons. The molecule has 2 aliphatic carbocycles. The fourth-order valence-corrected chi connectivity index (χ4v) is 3.01. The zero-order chi connectivity index (χ0) is 11.2. The van der Waals surface area contributed by atoms with Gasteiger partial charge in [0, 0.05) is 5.92 Å². The summed E-state index contributed by atoms with van der Waals surface area (Å²) < 4.78 is 0. The molecule has 2 fully saturated rings. The van der Waals surface area contributed by atoms with E-state index in [-0.39, 0.29) is 0 Å². The quantitative estimate of drug-likeness (QED) is 0.429. The van der Waals surface area contributed by atoms with Crippen molar-refractivity contribution >= 4 is 5.84 Å². The van der Waals surface area contributed by atoms with Gasteiger partial charge in [-0.1, -0.05) is 38.5 Å². The van der Waals surface area contributed by atoms with E-state index >= 15 is 0 Å². The van der Waals surface area contributed by atoms with Gasteiger partial charge in [0.1, 0.15) is 5.84 Å². The summed E-state index contributed by atoms with van der Waals surface area (Å²) in [6.45, 7) is 0. The van der Waals surface area contributed by atoms with Gasteiger partial charge in [0.25, 0.3) is 0 Å². The number of nitrogens with one attached hydrogen (secondary N) is 1. The van der Waals surface area contributed by atoms with Crippen LogP contribution in [-0.2, 0) is 0 Å². The third-order valence-electron chi connectivity index (χ3n) is 4.00. The van der Waals surface area contributed by atoms with Crippen LogP contribution >= 0.6 is 0 Å². The van der Waals surface area contributed by atoms with Crippen molar-refractivity contribution in [3.8, 4) is 0 Å². The maximum atomic E-state index is 9.23. The van der Waals surface area contributed by atoms with Crippen LogP contribution in [0.4, 0.5) is 0 Å². The minimum absolute atomic E-state index is 0.463. The molecule has 3 nitrogen and oxygen atoms in total. The summed E-state index contributed by atoms with van der Waals surface area (Å²) in [6.07, 6.45) is 12.7. The van der Waals surface area contributed by atoms with E-state index in [2.05, 4.69) is 5.48 Å². The van der Waals surface area contributed by atoms with Crippen molar-refractivity contribution in [3.63, 3.8) is 0 Å². The van der Waals surface area contributed by atoms with E-state index in [1.54, 1.807) is 0 Å². The summed E-state index contributed by atoms with van der Waals surface area (Å²) in [6, 6.07) is 0.463. The monoisotopic (exact) mass is 224 g/mol. The molecule has 16 heavy (non-hydrogen) atoms. The molecule has 0 unspecified atom stereocenters. The molecule has 0 atom stereocenters. The van der Waals surface area contributed by atoms with Crippen LogP contribution in [-0.4, -0.2) is 17.1 Å². The second-order valence-corrected chi connectivity index (χ2v) is 5.25. The van der Waals surface area contributed by atoms with Gasteiger partial charge in [-0.25, -0.2) is 0 Å². The van der Waals surface area contributed by atoms with E-state index in [4.69, 9.17) is 4.99 Å². The summed E-state index contributed by atoms with van der Waals surface area (Å²) in [5.74, 6) is 1.35. The Morgan fingerprint density at radius 1 is 0.875 bits per heavy atom. The van der Waals surface area contributed by atoms with Crippen LogP contribution in [0.15, 0.2) is 4.99 Å². The largest absolute Gasteiger partial charge is 0.290 e. The molecule has 2 N–H and O–H groups in total. The highest BCUT2D eigenvalue weighted by Gasteiger charge is 2.21. The molecule has 0 amide bonds. The highest BCUT2D eigenvalue weighted by molar-refractivity contribution is 5.83. The Bertz CT molecular complexity index is 228. The molecule has 92 valence electrons. The number of amidine groups is 1. The Balaban J connectivity index is 1.93. The molecule has 3 heteroatoms. The van der Waals surface area contributed by atoms with E-state index in [9.17, 15) is 5.21 Å². The second kappa shape index (κ2) is 6.24. The second-order valence-electron chi connectivity index (χ2n) is 5.25. The predicted molar refractivity (Wildman–Crippen MR) is 65.8 cm³/mol. The van der Waals surface area contributed by atoms with E-state index in [0.717, 1.165) is 5.84 Å². The van der Waals surface area contributed by atoms with Crippen molar-refractivity contribution in [2.24, 2.45) is 10.9 Å². The van der Waals surface area contributed by atoms with Crippen LogP contribution < -0.4 is 5.48 Å². The summed E-state index contributed by atoms with van der Waals surface area (Å²) in [5, 5.41) is 9.23. The maximum Gasteiger partial charge on any atom is 0.123 e. The number of rotatable bonds is 2.